The SMILES string of the molecule is O=C(NCC#CCOc1ccc2c(c1)OCO2)c1ccc(S(=O)(=O)N2CCOCC2)cc1. The van der Waals surface area contributed by atoms with E-state index in [-0.39, 0.29) is 30.7 Å². The van der Waals surface area contributed by atoms with E-state index in [1.165, 1.54) is 28.6 Å². The van der Waals surface area contributed by atoms with Gasteiger partial charge in [-0.2, -0.15) is 4.31 Å². The minimum atomic E-state index is -3.59. The zero-order valence-corrected chi connectivity index (χ0v) is 18.0. The predicted octanol–water partition coefficient (Wildman–Crippen LogP) is 1.25. The maximum absolute atomic E-state index is 12.6. The molecule has 0 aromatic heterocycles. The number of morpholine rings is 1. The van der Waals surface area contributed by atoms with Crippen LogP contribution < -0.4 is 19.5 Å². The molecule has 0 bridgehead atoms. The largest absolute Gasteiger partial charge is 0.481 e. The molecule has 1 amide bonds. The van der Waals surface area contributed by atoms with Crippen LogP contribution in [0.15, 0.2) is 47.4 Å². The molecule has 0 unspecified atom stereocenters. The molecule has 4 rings (SSSR count). The maximum atomic E-state index is 12.6. The van der Waals surface area contributed by atoms with E-state index in [0.29, 0.717) is 49.1 Å². The monoisotopic (exact) mass is 458 g/mol. The van der Waals surface area contributed by atoms with Gasteiger partial charge in [-0.15, -0.1) is 0 Å². The zero-order chi connectivity index (χ0) is 22.4. The molecule has 1 N–H and O–H groups in total. The molecule has 0 atom stereocenters. The Morgan fingerprint density at radius 1 is 1.03 bits per heavy atom. The molecule has 2 aliphatic heterocycles. The highest BCUT2D eigenvalue weighted by atomic mass is 32.2. The van der Waals surface area contributed by atoms with Crippen molar-refractivity contribution in [2.45, 2.75) is 4.90 Å². The highest BCUT2D eigenvalue weighted by molar-refractivity contribution is 7.89. The molecule has 10 heteroatoms. The highest BCUT2D eigenvalue weighted by Gasteiger charge is 2.26. The Kier molecular flexibility index (Phi) is 6.80. The van der Waals surface area contributed by atoms with Gasteiger partial charge in [0.05, 0.1) is 24.7 Å². The van der Waals surface area contributed by atoms with E-state index in [9.17, 15) is 13.2 Å². The fourth-order valence-electron chi connectivity index (χ4n) is 3.14. The Morgan fingerprint density at radius 3 is 2.56 bits per heavy atom. The van der Waals surface area contributed by atoms with Crippen molar-refractivity contribution < 1.29 is 32.2 Å². The van der Waals surface area contributed by atoms with E-state index in [1.807, 2.05) is 0 Å². The normalized spacial score (nSPS) is 15.5. The minimum Gasteiger partial charge on any atom is -0.481 e. The van der Waals surface area contributed by atoms with Gasteiger partial charge in [0, 0.05) is 24.7 Å². The van der Waals surface area contributed by atoms with Crippen molar-refractivity contribution in [1.82, 2.24) is 9.62 Å². The number of sulfonamides is 1. The molecule has 9 nitrogen and oxygen atoms in total. The second-order valence-electron chi connectivity index (χ2n) is 6.88. The number of carbonyl (C=O) groups excluding carboxylic acids is 1. The van der Waals surface area contributed by atoms with E-state index < -0.39 is 10.0 Å². The lowest BCUT2D eigenvalue weighted by Gasteiger charge is -2.26. The van der Waals surface area contributed by atoms with Crippen molar-refractivity contribution in [1.29, 1.82) is 0 Å². The molecule has 0 saturated carbocycles. The number of hydrogen-bond acceptors (Lipinski definition) is 7. The van der Waals surface area contributed by atoms with Crippen LogP contribution in [0.1, 0.15) is 10.4 Å². The first-order valence-electron chi connectivity index (χ1n) is 9.98. The predicted molar refractivity (Wildman–Crippen MR) is 114 cm³/mol. The topological polar surface area (TPSA) is 103 Å². The summed E-state index contributed by atoms with van der Waals surface area (Å²) in [6.07, 6.45) is 0. The standard InChI is InChI=1S/C22H22N2O7S/c25-22(17-3-6-19(7-4-17)32(26,27)24-10-13-28-14-11-24)23-9-1-2-12-29-18-5-8-20-21(15-18)31-16-30-20/h3-8,15H,9-14,16H2,(H,23,25). The molecule has 0 aliphatic carbocycles. The van der Waals surface area contributed by atoms with Gasteiger partial charge < -0.3 is 24.3 Å². The molecule has 1 fully saturated rings. The first kappa shape index (κ1) is 22.0. The smallest absolute Gasteiger partial charge is 0.252 e. The molecular weight excluding hydrogens is 436 g/mol. The quantitative estimate of drug-likeness (QED) is 0.650. The average molecular weight is 458 g/mol. The van der Waals surface area contributed by atoms with Crippen LogP contribution >= 0.6 is 0 Å². The second-order valence-corrected chi connectivity index (χ2v) is 8.82. The summed E-state index contributed by atoms with van der Waals surface area (Å²) in [5.41, 5.74) is 0.351. The summed E-state index contributed by atoms with van der Waals surface area (Å²) in [5, 5.41) is 2.67. The van der Waals surface area contributed by atoms with Gasteiger partial charge in [0.15, 0.2) is 11.5 Å². The summed E-state index contributed by atoms with van der Waals surface area (Å²) < 4.78 is 47.9. The number of fused-ring (bicyclic) bond motifs is 1. The van der Waals surface area contributed by atoms with Crippen molar-refractivity contribution in [3.05, 3.63) is 48.0 Å². The molecule has 0 spiro atoms. The molecule has 0 radical (unpaired) electrons. The number of benzene rings is 2. The van der Waals surface area contributed by atoms with Crippen LogP contribution in [-0.2, 0) is 14.8 Å². The van der Waals surface area contributed by atoms with E-state index in [1.54, 1.807) is 18.2 Å². The van der Waals surface area contributed by atoms with Crippen molar-refractivity contribution in [2.75, 3.05) is 46.2 Å². The maximum Gasteiger partial charge on any atom is 0.252 e. The Morgan fingerprint density at radius 2 is 1.78 bits per heavy atom. The third-order valence-corrected chi connectivity index (χ3v) is 6.75. The van der Waals surface area contributed by atoms with Gasteiger partial charge in [-0.05, 0) is 36.4 Å². The number of hydrogen-bond donors (Lipinski definition) is 1. The van der Waals surface area contributed by atoms with Crippen LogP contribution in [0.25, 0.3) is 0 Å². The summed E-state index contributed by atoms with van der Waals surface area (Å²) in [6, 6.07) is 11.1. The highest BCUT2D eigenvalue weighted by Crippen LogP contribution is 2.34. The van der Waals surface area contributed by atoms with Gasteiger partial charge in [-0.25, -0.2) is 8.42 Å². The zero-order valence-electron chi connectivity index (χ0n) is 17.2. The lowest BCUT2D eigenvalue weighted by Crippen LogP contribution is -2.40. The molecule has 168 valence electrons. The first-order valence-corrected chi connectivity index (χ1v) is 11.4. The van der Waals surface area contributed by atoms with Gasteiger partial charge in [-0.3, -0.25) is 4.79 Å². The van der Waals surface area contributed by atoms with Gasteiger partial charge >= 0.3 is 0 Å². The Labute approximate surface area is 186 Å². The van der Waals surface area contributed by atoms with Crippen molar-refractivity contribution in [2.24, 2.45) is 0 Å². The van der Waals surface area contributed by atoms with E-state index >= 15 is 0 Å². The summed E-state index contributed by atoms with van der Waals surface area (Å²) in [7, 11) is -3.59. The Balaban J connectivity index is 1.24. The van der Waals surface area contributed by atoms with Crippen LogP contribution in [0.5, 0.6) is 17.2 Å². The van der Waals surface area contributed by atoms with E-state index in [2.05, 4.69) is 17.2 Å². The van der Waals surface area contributed by atoms with Crippen LogP contribution in [0.4, 0.5) is 0 Å². The van der Waals surface area contributed by atoms with Gasteiger partial charge in [0.2, 0.25) is 16.8 Å². The molecule has 1 saturated heterocycles. The van der Waals surface area contributed by atoms with Gasteiger partial charge in [0.25, 0.3) is 5.91 Å². The number of amides is 1. The minimum absolute atomic E-state index is 0.136. The summed E-state index contributed by atoms with van der Waals surface area (Å²) >= 11 is 0. The lowest BCUT2D eigenvalue weighted by molar-refractivity contribution is 0.0730. The van der Waals surface area contributed by atoms with Crippen LogP contribution in [0.3, 0.4) is 0 Å². The third-order valence-electron chi connectivity index (χ3n) is 4.84. The number of nitrogens with zero attached hydrogens (tertiary/aromatic N) is 1. The summed E-state index contributed by atoms with van der Waals surface area (Å²) in [5.74, 6) is 7.21. The van der Waals surface area contributed by atoms with Crippen molar-refractivity contribution in [3.63, 3.8) is 0 Å². The van der Waals surface area contributed by atoms with Crippen molar-refractivity contribution >= 4 is 15.9 Å². The summed E-state index contributed by atoms with van der Waals surface area (Å²) in [4.78, 5) is 12.4. The Bertz CT molecular complexity index is 1130. The molecule has 2 aromatic carbocycles. The van der Waals surface area contributed by atoms with Crippen LogP contribution in [0.2, 0.25) is 0 Å². The number of rotatable bonds is 6. The molecule has 2 aromatic rings. The van der Waals surface area contributed by atoms with Crippen LogP contribution in [-0.4, -0.2) is 64.9 Å². The average Bonchev–Trinajstić information content (AvgIpc) is 3.30. The molecule has 2 heterocycles. The number of carbonyl (C=O) groups is 1. The second kappa shape index (κ2) is 9.91. The molecule has 32 heavy (non-hydrogen) atoms. The molecule has 2 aliphatic rings. The van der Waals surface area contributed by atoms with Gasteiger partial charge in [0.1, 0.15) is 12.4 Å². The molecular formula is C22H22N2O7S. The fourth-order valence-corrected chi connectivity index (χ4v) is 4.55. The fraction of sp³-hybridized carbons (Fsp3) is 0.318. The van der Waals surface area contributed by atoms with Crippen molar-refractivity contribution in [3.8, 4) is 29.1 Å². The lowest BCUT2D eigenvalue weighted by atomic mass is 10.2. The summed E-state index contributed by atoms with van der Waals surface area (Å²) in [6.45, 7) is 1.89. The third kappa shape index (κ3) is 5.13. The Hall–Kier alpha value is -3.26. The number of nitrogens with one attached hydrogen (secondary N) is 1. The van der Waals surface area contributed by atoms with Gasteiger partial charge in [-0.1, -0.05) is 11.8 Å². The van der Waals surface area contributed by atoms with Crippen LogP contribution in [0, 0.1) is 11.8 Å². The van der Waals surface area contributed by atoms with E-state index in [0.717, 1.165) is 0 Å². The first-order chi connectivity index (χ1) is 15.5. The number of ether oxygens (including phenoxy) is 4. The van der Waals surface area contributed by atoms with E-state index in [4.69, 9.17) is 18.9 Å².